The topological polar surface area (TPSA) is 84.8 Å². The van der Waals surface area contributed by atoms with E-state index in [2.05, 4.69) is 4.72 Å². The Hall–Kier alpha value is -1.42. The monoisotopic (exact) mass is 387 g/mol. The summed E-state index contributed by atoms with van der Waals surface area (Å²) in [7, 11) is -6.38. The third-order valence-electron chi connectivity index (χ3n) is 3.95. The van der Waals surface area contributed by atoms with Crippen LogP contribution in [0.5, 0.6) is 0 Å². The number of rotatable bonds is 5. The summed E-state index contributed by atoms with van der Waals surface area (Å²) in [6, 6.07) is 10.5. The summed E-state index contributed by atoms with van der Waals surface area (Å²) in [5.41, 5.74) is 1.58. The fraction of sp³-hybridized carbons (Fsp3) is 0.333. The Morgan fingerprint density at radius 1 is 1.08 bits per heavy atom. The Labute approximate surface area is 146 Å². The van der Waals surface area contributed by atoms with E-state index in [1.54, 1.807) is 29.6 Å². The zero-order valence-electron chi connectivity index (χ0n) is 12.9. The molecule has 9 heteroatoms. The lowest BCUT2D eigenvalue weighted by Crippen LogP contribution is -3.13. The molecule has 1 aromatic heterocycles. The van der Waals surface area contributed by atoms with Gasteiger partial charge in [0.2, 0.25) is 0 Å². The lowest BCUT2D eigenvalue weighted by Gasteiger charge is -2.23. The van der Waals surface area contributed by atoms with E-state index in [0.29, 0.717) is 18.8 Å². The van der Waals surface area contributed by atoms with Crippen molar-refractivity contribution in [3.63, 3.8) is 0 Å². The zero-order chi connectivity index (χ0) is 17.2. The van der Waals surface area contributed by atoms with Gasteiger partial charge in [0, 0.05) is 11.3 Å². The normalized spacial score (nSPS) is 18.3. The first kappa shape index (κ1) is 17.4. The summed E-state index contributed by atoms with van der Waals surface area (Å²) in [4.78, 5) is 1.23. The number of hydrogen-bond acceptors (Lipinski definition) is 5. The molecule has 0 aliphatic carbocycles. The number of thiophene rings is 1. The van der Waals surface area contributed by atoms with E-state index >= 15 is 0 Å². The van der Waals surface area contributed by atoms with Gasteiger partial charge in [-0.3, -0.25) is 4.72 Å². The summed E-state index contributed by atoms with van der Waals surface area (Å²) in [6.07, 6.45) is 0. The van der Waals surface area contributed by atoms with Gasteiger partial charge >= 0.3 is 0 Å². The third-order valence-corrected chi connectivity index (χ3v) is 8.38. The maximum atomic E-state index is 12.2. The van der Waals surface area contributed by atoms with E-state index in [1.807, 2.05) is 12.1 Å². The van der Waals surface area contributed by atoms with Crippen LogP contribution in [0.25, 0.3) is 0 Å². The molecule has 0 radical (unpaired) electrons. The van der Waals surface area contributed by atoms with Crippen LogP contribution < -0.4 is 9.62 Å². The maximum absolute atomic E-state index is 12.2. The van der Waals surface area contributed by atoms with Gasteiger partial charge in [0.15, 0.2) is 9.84 Å². The van der Waals surface area contributed by atoms with Gasteiger partial charge < -0.3 is 4.90 Å². The number of sulfonamides is 1. The first-order valence-electron chi connectivity index (χ1n) is 7.53. The highest BCUT2D eigenvalue weighted by Gasteiger charge is 2.24. The molecule has 130 valence electrons. The molecule has 1 fully saturated rings. The van der Waals surface area contributed by atoms with Crippen molar-refractivity contribution in [3.8, 4) is 0 Å². The van der Waals surface area contributed by atoms with Crippen molar-refractivity contribution in [3.05, 3.63) is 47.3 Å². The first-order chi connectivity index (χ1) is 11.3. The van der Waals surface area contributed by atoms with Crippen LogP contribution in [0.1, 0.15) is 5.56 Å². The van der Waals surface area contributed by atoms with Crippen LogP contribution in [0.2, 0.25) is 0 Å². The summed E-state index contributed by atoms with van der Waals surface area (Å²) in [5.74, 6) is 0.474. The van der Waals surface area contributed by atoms with Crippen LogP contribution in [0.15, 0.2) is 46.0 Å². The molecule has 6 nitrogen and oxygen atoms in total. The number of hydrogen-bond donors (Lipinski definition) is 2. The number of sulfone groups is 1. The largest absolute Gasteiger partial charge is 0.329 e. The van der Waals surface area contributed by atoms with Crippen molar-refractivity contribution in [2.75, 3.05) is 29.3 Å². The second kappa shape index (κ2) is 6.83. The second-order valence-corrected chi connectivity index (χ2v) is 11.0. The Morgan fingerprint density at radius 3 is 2.33 bits per heavy atom. The molecular formula is C15H19N2O4S3+. The van der Waals surface area contributed by atoms with Crippen LogP contribution in [-0.2, 0) is 26.4 Å². The molecule has 3 rings (SSSR count). The molecule has 24 heavy (non-hydrogen) atoms. The maximum Gasteiger partial charge on any atom is 0.271 e. The fourth-order valence-electron chi connectivity index (χ4n) is 2.60. The van der Waals surface area contributed by atoms with Crippen molar-refractivity contribution in [2.45, 2.75) is 10.8 Å². The molecule has 1 saturated heterocycles. The summed E-state index contributed by atoms with van der Waals surface area (Å²) in [6.45, 7) is 1.98. The highest BCUT2D eigenvalue weighted by atomic mass is 32.2. The van der Waals surface area contributed by atoms with Crippen LogP contribution in [0.3, 0.4) is 0 Å². The summed E-state index contributed by atoms with van der Waals surface area (Å²) < 4.78 is 50.1. The molecule has 2 N–H and O–H groups in total. The average Bonchev–Trinajstić information content (AvgIpc) is 3.06. The Balaban J connectivity index is 1.62. The molecule has 2 heterocycles. The minimum atomic E-state index is -3.53. The molecule has 0 amide bonds. The van der Waals surface area contributed by atoms with Gasteiger partial charge in [0.05, 0.1) is 24.6 Å². The van der Waals surface area contributed by atoms with Gasteiger partial charge in [-0.2, -0.15) is 0 Å². The molecule has 0 saturated carbocycles. The van der Waals surface area contributed by atoms with E-state index in [4.69, 9.17) is 0 Å². The number of benzene rings is 1. The van der Waals surface area contributed by atoms with Crippen molar-refractivity contribution < 1.29 is 21.7 Å². The standard InChI is InChI=1S/C15H18N2O4S3/c18-23(19)10-7-17(8-11-23)12-13-3-5-14(6-4-13)16-24(20,21)15-2-1-9-22-15/h1-6,9,16H,7-8,10-12H2/p+1. The van der Waals surface area contributed by atoms with Gasteiger partial charge in [-0.05, 0) is 23.6 Å². The van der Waals surface area contributed by atoms with Gasteiger partial charge in [-0.15, -0.1) is 11.3 Å². The smallest absolute Gasteiger partial charge is 0.271 e. The van der Waals surface area contributed by atoms with Gasteiger partial charge in [-0.25, -0.2) is 16.8 Å². The number of anilines is 1. The van der Waals surface area contributed by atoms with Crippen LogP contribution in [0.4, 0.5) is 5.69 Å². The van der Waals surface area contributed by atoms with Crippen molar-refractivity contribution in [1.29, 1.82) is 0 Å². The van der Waals surface area contributed by atoms with Gasteiger partial charge in [-0.1, -0.05) is 18.2 Å². The number of nitrogens with one attached hydrogen (secondary N) is 2. The molecule has 1 aliphatic heterocycles. The van der Waals surface area contributed by atoms with Gasteiger partial charge in [0.1, 0.15) is 10.8 Å². The summed E-state index contributed by atoms with van der Waals surface area (Å²) in [5, 5.41) is 1.72. The zero-order valence-corrected chi connectivity index (χ0v) is 15.4. The van der Waals surface area contributed by atoms with Crippen LogP contribution in [0, 0.1) is 0 Å². The second-order valence-electron chi connectivity index (χ2n) is 5.81. The molecule has 0 bridgehead atoms. The van der Waals surface area contributed by atoms with E-state index in [9.17, 15) is 16.8 Å². The van der Waals surface area contributed by atoms with E-state index in [1.165, 1.54) is 16.2 Å². The average molecular weight is 388 g/mol. The molecule has 0 atom stereocenters. The predicted octanol–water partition coefficient (Wildman–Crippen LogP) is 0.362. The third kappa shape index (κ3) is 4.35. The minimum absolute atomic E-state index is 0.237. The van der Waals surface area contributed by atoms with Crippen LogP contribution in [-0.4, -0.2) is 41.4 Å². The van der Waals surface area contributed by atoms with Crippen molar-refractivity contribution >= 4 is 36.9 Å². The predicted molar refractivity (Wildman–Crippen MR) is 94.6 cm³/mol. The van der Waals surface area contributed by atoms with E-state index in [0.717, 1.165) is 12.1 Å². The fourth-order valence-corrected chi connectivity index (χ4v) is 6.06. The molecule has 1 aliphatic rings. The lowest BCUT2D eigenvalue weighted by atomic mass is 10.2. The number of quaternary nitrogens is 1. The SMILES string of the molecule is O=S1(=O)CC[NH+](Cc2ccc(NS(=O)(=O)c3cccs3)cc2)CC1. The minimum Gasteiger partial charge on any atom is -0.329 e. The van der Waals surface area contributed by atoms with Crippen molar-refractivity contribution in [1.82, 2.24) is 0 Å². The summed E-state index contributed by atoms with van der Waals surface area (Å²) >= 11 is 1.17. The molecule has 0 unspecified atom stereocenters. The Kier molecular flexibility index (Phi) is 4.95. The quantitative estimate of drug-likeness (QED) is 0.776. The first-order valence-corrected chi connectivity index (χ1v) is 11.7. The van der Waals surface area contributed by atoms with E-state index in [-0.39, 0.29) is 15.7 Å². The lowest BCUT2D eigenvalue weighted by molar-refractivity contribution is -0.910. The van der Waals surface area contributed by atoms with E-state index < -0.39 is 19.9 Å². The Morgan fingerprint density at radius 2 is 1.75 bits per heavy atom. The highest BCUT2D eigenvalue weighted by molar-refractivity contribution is 7.94. The molecule has 2 aromatic rings. The van der Waals surface area contributed by atoms with Crippen molar-refractivity contribution in [2.24, 2.45) is 0 Å². The molecular weight excluding hydrogens is 368 g/mol. The molecule has 0 spiro atoms. The van der Waals surface area contributed by atoms with Crippen LogP contribution >= 0.6 is 11.3 Å². The van der Waals surface area contributed by atoms with Gasteiger partial charge in [0.25, 0.3) is 10.0 Å². The Bertz CT molecular complexity index is 875. The molecule has 1 aromatic carbocycles. The highest BCUT2D eigenvalue weighted by Crippen LogP contribution is 2.20.